The highest BCUT2D eigenvalue weighted by molar-refractivity contribution is 7.80. The third-order valence-corrected chi connectivity index (χ3v) is 5.23. The average molecular weight is 460 g/mol. The molecule has 0 spiro atoms. The maximum absolute atomic E-state index is 6.25. The summed E-state index contributed by atoms with van der Waals surface area (Å²) in [4.78, 5) is 0. The molecule has 9 heteroatoms. The fraction of sp³-hybridized carbons (Fsp3) is 0.111. The first-order chi connectivity index (χ1) is 12.8. The van der Waals surface area contributed by atoms with E-state index in [-0.39, 0.29) is 0 Å². The summed E-state index contributed by atoms with van der Waals surface area (Å²) >= 11 is 29.9. The highest BCUT2D eigenvalue weighted by Gasteiger charge is 2.11. The lowest BCUT2D eigenvalue weighted by Gasteiger charge is -2.10. The van der Waals surface area contributed by atoms with Crippen LogP contribution in [0.25, 0.3) is 0 Å². The molecule has 0 saturated heterocycles. The van der Waals surface area contributed by atoms with Crippen LogP contribution in [0.1, 0.15) is 11.3 Å². The van der Waals surface area contributed by atoms with Crippen LogP contribution in [-0.2, 0) is 6.54 Å². The first-order valence-electron chi connectivity index (χ1n) is 7.84. The zero-order valence-corrected chi connectivity index (χ0v) is 17.9. The Kier molecular flexibility index (Phi) is 6.50. The summed E-state index contributed by atoms with van der Waals surface area (Å²) in [5.41, 5.74) is 2.39. The SMILES string of the molecule is Cc1cc(NC(=S)Nc2ccc(Cl)cc2Cl)nn1Cc1c(Cl)cccc1Cl. The van der Waals surface area contributed by atoms with Crippen molar-refractivity contribution in [1.82, 2.24) is 9.78 Å². The molecule has 0 aliphatic carbocycles. The zero-order chi connectivity index (χ0) is 19.6. The van der Waals surface area contributed by atoms with E-state index in [1.165, 1.54) is 0 Å². The van der Waals surface area contributed by atoms with Crippen LogP contribution >= 0.6 is 58.6 Å². The van der Waals surface area contributed by atoms with Gasteiger partial charge in [-0.1, -0.05) is 52.5 Å². The number of nitrogens with zero attached hydrogens (tertiary/aromatic N) is 2. The van der Waals surface area contributed by atoms with Crippen LogP contribution in [0, 0.1) is 6.92 Å². The quantitative estimate of drug-likeness (QED) is 0.428. The van der Waals surface area contributed by atoms with Gasteiger partial charge in [0, 0.05) is 32.4 Å². The molecule has 27 heavy (non-hydrogen) atoms. The Balaban J connectivity index is 1.71. The number of hydrogen-bond acceptors (Lipinski definition) is 2. The second kappa shape index (κ2) is 8.67. The van der Waals surface area contributed by atoms with Gasteiger partial charge in [0.15, 0.2) is 10.9 Å². The molecule has 0 unspecified atom stereocenters. The van der Waals surface area contributed by atoms with Gasteiger partial charge in [0.1, 0.15) is 0 Å². The molecule has 2 N–H and O–H groups in total. The summed E-state index contributed by atoms with van der Waals surface area (Å²) in [7, 11) is 0. The van der Waals surface area contributed by atoms with Gasteiger partial charge in [0.25, 0.3) is 0 Å². The molecule has 3 aromatic rings. The predicted octanol–water partition coefficient (Wildman–Crippen LogP) is 6.66. The molecule has 4 nitrogen and oxygen atoms in total. The van der Waals surface area contributed by atoms with Gasteiger partial charge in [-0.2, -0.15) is 5.10 Å². The molecule has 0 radical (unpaired) electrons. The number of halogens is 4. The lowest BCUT2D eigenvalue weighted by Crippen LogP contribution is -2.19. The molecular formula is C18H14Cl4N4S. The molecule has 0 aliphatic rings. The molecule has 0 bridgehead atoms. The third-order valence-electron chi connectivity index (χ3n) is 3.77. The topological polar surface area (TPSA) is 41.9 Å². The van der Waals surface area contributed by atoms with Crippen molar-refractivity contribution >= 4 is 75.2 Å². The highest BCUT2D eigenvalue weighted by Crippen LogP contribution is 2.27. The van der Waals surface area contributed by atoms with E-state index in [0.717, 1.165) is 11.3 Å². The number of anilines is 2. The van der Waals surface area contributed by atoms with Gasteiger partial charge in [-0.3, -0.25) is 4.68 Å². The van der Waals surface area contributed by atoms with Crippen molar-refractivity contribution in [2.45, 2.75) is 13.5 Å². The Hall–Kier alpha value is -1.50. The fourth-order valence-electron chi connectivity index (χ4n) is 2.43. The molecule has 0 aliphatic heterocycles. The molecule has 3 rings (SSSR count). The van der Waals surface area contributed by atoms with Crippen molar-refractivity contribution in [3.05, 3.63) is 73.8 Å². The van der Waals surface area contributed by atoms with Gasteiger partial charge < -0.3 is 10.6 Å². The Labute approximate surface area is 182 Å². The van der Waals surface area contributed by atoms with Crippen molar-refractivity contribution in [2.24, 2.45) is 0 Å². The van der Waals surface area contributed by atoms with E-state index in [0.29, 0.717) is 43.3 Å². The van der Waals surface area contributed by atoms with E-state index >= 15 is 0 Å². The summed E-state index contributed by atoms with van der Waals surface area (Å²) in [6, 6.07) is 12.4. The number of hydrogen-bond donors (Lipinski definition) is 2. The molecule has 0 saturated carbocycles. The lowest BCUT2D eigenvalue weighted by atomic mass is 10.2. The standard InChI is InChI=1S/C18H14Cl4N4S/c1-10-7-17(24-18(27)23-16-6-5-11(19)8-15(16)22)25-26(10)9-12-13(20)3-2-4-14(12)21/h2-8H,9H2,1H3,(H2,23,24,25,27). The van der Waals surface area contributed by atoms with Crippen LogP contribution < -0.4 is 10.6 Å². The van der Waals surface area contributed by atoms with E-state index in [2.05, 4.69) is 15.7 Å². The normalized spacial score (nSPS) is 10.7. The van der Waals surface area contributed by atoms with Gasteiger partial charge in [-0.15, -0.1) is 0 Å². The van der Waals surface area contributed by atoms with E-state index in [4.69, 9.17) is 58.6 Å². The molecule has 0 atom stereocenters. The average Bonchev–Trinajstić information content (AvgIpc) is 2.93. The van der Waals surface area contributed by atoms with E-state index in [1.54, 1.807) is 35.0 Å². The van der Waals surface area contributed by atoms with Crippen molar-refractivity contribution < 1.29 is 0 Å². The van der Waals surface area contributed by atoms with Crippen LogP contribution in [0.5, 0.6) is 0 Å². The van der Waals surface area contributed by atoms with Crippen LogP contribution in [0.3, 0.4) is 0 Å². The molecule has 0 fully saturated rings. The van der Waals surface area contributed by atoms with E-state index in [1.807, 2.05) is 19.1 Å². The van der Waals surface area contributed by atoms with Crippen LogP contribution in [-0.4, -0.2) is 14.9 Å². The summed E-state index contributed by atoms with van der Waals surface area (Å²) in [5, 5.41) is 13.2. The largest absolute Gasteiger partial charge is 0.331 e. The van der Waals surface area contributed by atoms with E-state index in [9.17, 15) is 0 Å². The Bertz CT molecular complexity index is 983. The monoisotopic (exact) mass is 458 g/mol. The third kappa shape index (κ3) is 5.06. The minimum Gasteiger partial charge on any atom is -0.331 e. The molecular weight excluding hydrogens is 446 g/mol. The van der Waals surface area contributed by atoms with Gasteiger partial charge in [0.2, 0.25) is 0 Å². The number of aromatic nitrogens is 2. The van der Waals surface area contributed by atoms with Crippen molar-refractivity contribution in [3.63, 3.8) is 0 Å². The summed E-state index contributed by atoms with van der Waals surface area (Å²) < 4.78 is 1.80. The van der Waals surface area contributed by atoms with Gasteiger partial charge in [0.05, 0.1) is 17.3 Å². The van der Waals surface area contributed by atoms with Crippen molar-refractivity contribution in [1.29, 1.82) is 0 Å². The minimum atomic E-state index is 0.361. The predicted molar refractivity (Wildman–Crippen MR) is 119 cm³/mol. The Morgan fingerprint density at radius 1 is 1.00 bits per heavy atom. The Morgan fingerprint density at radius 2 is 1.70 bits per heavy atom. The summed E-state index contributed by atoms with van der Waals surface area (Å²) in [5.74, 6) is 0.596. The smallest absolute Gasteiger partial charge is 0.176 e. The minimum absolute atomic E-state index is 0.361. The number of thiocarbonyl (C=S) groups is 1. The zero-order valence-electron chi connectivity index (χ0n) is 14.1. The molecule has 140 valence electrons. The molecule has 0 amide bonds. The van der Waals surface area contributed by atoms with Gasteiger partial charge >= 0.3 is 0 Å². The van der Waals surface area contributed by atoms with Crippen LogP contribution in [0.15, 0.2) is 42.5 Å². The van der Waals surface area contributed by atoms with Crippen molar-refractivity contribution in [3.8, 4) is 0 Å². The first kappa shape index (κ1) is 20.2. The highest BCUT2D eigenvalue weighted by atomic mass is 35.5. The van der Waals surface area contributed by atoms with Gasteiger partial charge in [-0.05, 0) is 49.5 Å². The van der Waals surface area contributed by atoms with E-state index < -0.39 is 0 Å². The first-order valence-corrected chi connectivity index (χ1v) is 9.76. The second-order valence-corrected chi connectivity index (χ2v) is 7.80. The van der Waals surface area contributed by atoms with Crippen LogP contribution in [0.2, 0.25) is 20.1 Å². The second-order valence-electron chi connectivity index (χ2n) is 5.73. The summed E-state index contributed by atoms with van der Waals surface area (Å²) in [6.45, 7) is 2.39. The number of benzene rings is 2. The number of aryl methyl sites for hydroxylation is 1. The van der Waals surface area contributed by atoms with Crippen molar-refractivity contribution in [2.75, 3.05) is 10.6 Å². The molecule has 2 aromatic carbocycles. The number of nitrogens with one attached hydrogen (secondary N) is 2. The number of rotatable bonds is 4. The fourth-order valence-corrected chi connectivity index (χ4v) is 3.61. The maximum Gasteiger partial charge on any atom is 0.176 e. The van der Waals surface area contributed by atoms with Crippen LogP contribution in [0.4, 0.5) is 11.5 Å². The molecule has 1 heterocycles. The molecule has 1 aromatic heterocycles. The maximum atomic E-state index is 6.25. The summed E-state index contributed by atoms with van der Waals surface area (Å²) in [6.07, 6.45) is 0. The lowest BCUT2D eigenvalue weighted by molar-refractivity contribution is 0.668. The van der Waals surface area contributed by atoms with Gasteiger partial charge in [-0.25, -0.2) is 0 Å². The Morgan fingerprint density at radius 3 is 2.37 bits per heavy atom.